The smallest absolute Gasteiger partial charge is 0.268 e. The molecule has 5 nitrogen and oxygen atoms in total. The number of benzene rings is 2. The van der Waals surface area contributed by atoms with Crippen LogP contribution in [-0.2, 0) is 11.3 Å². The third-order valence-corrected chi connectivity index (χ3v) is 3.90. The Morgan fingerprint density at radius 3 is 2.52 bits per heavy atom. The minimum atomic E-state index is -0.392. The van der Waals surface area contributed by atoms with Gasteiger partial charge < -0.3 is 15.1 Å². The minimum Gasteiger partial charge on any atom is -0.465 e. The van der Waals surface area contributed by atoms with E-state index in [4.69, 9.17) is 4.42 Å². The summed E-state index contributed by atoms with van der Waals surface area (Å²) in [7, 11) is 0. The topological polar surface area (TPSA) is 71.3 Å². The van der Waals surface area contributed by atoms with Crippen LogP contribution < -0.4 is 10.6 Å². The lowest BCUT2D eigenvalue weighted by atomic mass is 10.1. The van der Waals surface area contributed by atoms with Crippen LogP contribution in [-0.4, -0.2) is 11.8 Å². The van der Waals surface area contributed by atoms with Gasteiger partial charge in [-0.25, -0.2) is 0 Å². The minimum absolute atomic E-state index is 0.118. The van der Waals surface area contributed by atoms with Crippen molar-refractivity contribution in [2.75, 3.05) is 0 Å². The van der Waals surface area contributed by atoms with Crippen LogP contribution in [0.25, 0.3) is 6.08 Å². The molecule has 0 aliphatic heterocycles. The van der Waals surface area contributed by atoms with Gasteiger partial charge in [0.05, 0.1) is 6.26 Å². The molecule has 3 aromatic rings. The summed E-state index contributed by atoms with van der Waals surface area (Å²) in [6, 6.07) is 20.2. The average Bonchev–Trinajstić information content (AvgIpc) is 3.19. The molecule has 0 aliphatic rings. The molecule has 0 unspecified atom stereocenters. The highest BCUT2D eigenvalue weighted by Gasteiger charge is 2.15. The van der Waals surface area contributed by atoms with Gasteiger partial charge in [-0.1, -0.05) is 48.0 Å². The van der Waals surface area contributed by atoms with Crippen molar-refractivity contribution in [1.82, 2.24) is 10.6 Å². The van der Waals surface area contributed by atoms with E-state index in [1.54, 1.807) is 30.3 Å². The fourth-order valence-electron chi connectivity index (χ4n) is 2.53. The quantitative estimate of drug-likeness (QED) is 0.659. The van der Waals surface area contributed by atoms with Crippen molar-refractivity contribution in [2.24, 2.45) is 0 Å². The highest BCUT2D eigenvalue weighted by Crippen LogP contribution is 2.09. The van der Waals surface area contributed by atoms with E-state index in [1.807, 2.05) is 43.3 Å². The van der Waals surface area contributed by atoms with Crippen LogP contribution in [0.5, 0.6) is 0 Å². The molecule has 2 aromatic carbocycles. The zero-order valence-electron chi connectivity index (χ0n) is 14.9. The third kappa shape index (κ3) is 5.19. The highest BCUT2D eigenvalue weighted by atomic mass is 16.3. The summed E-state index contributed by atoms with van der Waals surface area (Å²) < 4.78 is 5.28. The summed E-state index contributed by atoms with van der Waals surface area (Å²) in [5.74, 6) is -0.271. The van der Waals surface area contributed by atoms with Crippen LogP contribution in [0, 0.1) is 6.92 Å². The summed E-state index contributed by atoms with van der Waals surface area (Å²) in [6.07, 6.45) is 3.02. The van der Waals surface area contributed by atoms with Crippen molar-refractivity contribution >= 4 is 17.9 Å². The Hall–Kier alpha value is -3.60. The van der Waals surface area contributed by atoms with Gasteiger partial charge in [-0.05, 0) is 36.8 Å². The fraction of sp³-hybridized carbons (Fsp3) is 0.0909. The first-order valence-electron chi connectivity index (χ1n) is 8.57. The molecule has 1 heterocycles. The van der Waals surface area contributed by atoms with Gasteiger partial charge in [-0.3, -0.25) is 9.59 Å². The van der Waals surface area contributed by atoms with E-state index in [9.17, 15) is 9.59 Å². The summed E-state index contributed by atoms with van der Waals surface area (Å²) in [5, 5.41) is 5.50. The molecule has 0 fully saturated rings. The molecule has 0 radical (unpaired) electrons. The van der Waals surface area contributed by atoms with E-state index >= 15 is 0 Å². The second kappa shape index (κ2) is 8.67. The Bertz CT molecular complexity index is 945. The molecule has 1 aromatic heterocycles. The molecule has 0 saturated heterocycles. The summed E-state index contributed by atoms with van der Waals surface area (Å²) in [4.78, 5) is 25.2. The first-order valence-corrected chi connectivity index (χ1v) is 8.57. The van der Waals surface area contributed by atoms with Crippen LogP contribution in [0.3, 0.4) is 0 Å². The first kappa shape index (κ1) is 18.2. The van der Waals surface area contributed by atoms with Gasteiger partial charge in [-0.2, -0.15) is 0 Å². The van der Waals surface area contributed by atoms with Crippen LogP contribution in [0.4, 0.5) is 0 Å². The number of aryl methyl sites for hydroxylation is 1. The maximum absolute atomic E-state index is 12.6. The Balaban J connectivity index is 1.76. The Kier molecular flexibility index (Phi) is 5.84. The standard InChI is InChI=1S/C22H20N2O3/c1-16-7-5-10-18(13-16)21(25)24-20(14-19-11-6-12-27-19)22(26)23-15-17-8-3-2-4-9-17/h2-14H,15H2,1H3,(H,23,26)(H,24,25)/b20-14-. The number of furan rings is 1. The summed E-state index contributed by atoms with van der Waals surface area (Å²) in [5.41, 5.74) is 2.53. The van der Waals surface area contributed by atoms with Gasteiger partial charge in [0, 0.05) is 18.2 Å². The largest absolute Gasteiger partial charge is 0.465 e. The van der Waals surface area contributed by atoms with Crippen molar-refractivity contribution in [3.05, 3.63) is 101 Å². The molecule has 27 heavy (non-hydrogen) atoms. The molecule has 2 amide bonds. The molecule has 136 valence electrons. The summed E-state index contributed by atoms with van der Waals surface area (Å²) in [6.45, 7) is 2.26. The molecule has 3 rings (SSSR count). The molecule has 5 heteroatoms. The van der Waals surface area contributed by atoms with E-state index in [1.165, 1.54) is 12.3 Å². The van der Waals surface area contributed by atoms with E-state index in [0.29, 0.717) is 17.9 Å². The van der Waals surface area contributed by atoms with Gasteiger partial charge in [0.25, 0.3) is 11.8 Å². The normalized spacial score (nSPS) is 11.1. The van der Waals surface area contributed by atoms with E-state index in [-0.39, 0.29) is 11.6 Å². The predicted octanol–water partition coefficient (Wildman–Crippen LogP) is 3.68. The van der Waals surface area contributed by atoms with E-state index in [2.05, 4.69) is 10.6 Å². The molecular weight excluding hydrogens is 340 g/mol. The van der Waals surface area contributed by atoms with Crippen molar-refractivity contribution in [1.29, 1.82) is 0 Å². The van der Waals surface area contributed by atoms with Gasteiger partial charge >= 0.3 is 0 Å². The second-order valence-corrected chi connectivity index (χ2v) is 6.07. The van der Waals surface area contributed by atoms with Crippen LogP contribution >= 0.6 is 0 Å². The fourth-order valence-corrected chi connectivity index (χ4v) is 2.53. The van der Waals surface area contributed by atoms with Crippen molar-refractivity contribution in [3.8, 4) is 0 Å². The molecule has 2 N–H and O–H groups in total. The number of hydrogen-bond acceptors (Lipinski definition) is 3. The van der Waals surface area contributed by atoms with E-state index in [0.717, 1.165) is 11.1 Å². The molecular formula is C22H20N2O3. The number of carbonyl (C=O) groups is 2. The van der Waals surface area contributed by atoms with E-state index < -0.39 is 5.91 Å². The highest BCUT2D eigenvalue weighted by molar-refractivity contribution is 6.05. The zero-order valence-corrected chi connectivity index (χ0v) is 14.9. The van der Waals surface area contributed by atoms with Crippen LogP contribution in [0.15, 0.2) is 83.1 Å². The van der Waals surface area contributed by atoms with Crippen molar-refractivity contribution in [2.45, 2.75) is 13.5 Å². The number of hydrogen-bond donors (Lipinski definition) is 2. The molecule has 0 bridgehead atoms. The number of amides is 2. The third-order valence-electron chi connectivity index (χ3n) is 3.90. The molecule has 0 spiro atoms. The Labute approximate surface area is 157 Å². The molecule has 0 aliphatic carbocycles. The van der Waals surface area contributed by atoms with Crippen LogP contribution in [0.2, 0.25) is 0 Å². The SMILES string of the molecule is Cc1cccc(C(=O)N/C(=C\c2ccco2)C(=O)NCc2ccccc2)c1. The lowest BCUT2D eigenvalue weighted by Crippen LogP contribution is -2.34. The van der Waals surface area contributed by atoms with Gasteiger partial charge in [0.15, 0.2) is 0 Å². The molecule has 0 saturated carbocycles. The maximum atomic E-state index is 12.6. The number of carbonyl (C=O) groups excluding carboxylic acids is 2. The lowest BCUT2D eigenvalue weighted by molar-refractivity contribution is -0.117. The lowest BCUT2D eigenvalue weighted by Gasteiger charge is -2.11. The Morgan fingerprint density at radius 2 is 1.81 bits per heavy atom. The van der Waals surface area contributed by atoms with Gasteiger partial charge in [0.1, 0.15) is 11.5 Å². The summed E-state index contributed by atoms with van der Waals surface area (Å²) >= 11 is 0. The van der Waals surface area contributed by atoms with Gasteiger partial charge in [0.2, 0.25) is 0 Å². The van der Waals surface area contributed by atoms with Crippen molar-refractivity contribution in [3.63, 3.8) is 0 Å². The predicted molar refractivity (Wildman–Crippen MR) is 104 cm³/mol. The first-order chi connectivity index (χ1) is 13.1. The van der Waals surface area contributed by atoms with Gasteiger partial charge in [-0.15, -0.1) is 0 Å². The number of rotatable bonds is 6. The Morgan fingerprint density at radius 1 is 1.00 bits per heavy atom. The second-order valence-electron chi connectivity index (χ2n) is 6.07. The maximum Gasteiger partial charge on any atom is 0.268 e. The average molecular weight is 360 g/mol. The van der Waals surface area contributed by atoms with Crippen molar-refractivity contribution < 1.29 is 14.0 Å². The number of nitrogens with one attached hydrogen (secondary N) is 2. The van der Waals surface area contributed by atoms with Crippen LogP contribution in [0.1, 0.15) is 27.2 Å². The monoisotopic (exact) mass is 360 g/mol. The zero-order chi connectivity index (χ0) is 19.1. The molecule has 0 atom stereocenters.